The standard InChI is InChI=1S/C15H17ClN2S/c1-11-7-13(8-17-2)9-18-15(11)19-10-12-3-5-14(16)6-4-12/h3-7,9,17H,8,10H2,1-2H3. The molecule has 2 aromatic rings. The number of aromatic nitrogens is 1. The molecule has 0 radical (unpaired) electrons. The summed E-state index contributed by atoms with van der Waals surface area (Å²) >= 11 is 7.63. The number of nitrogens with one attached hydrogen (secondary N) is 1. The second kappa shape index (κ2) is 6.94. The van der Waals surface area contributed by atoms with Crippen LogP contribution in [0.3, 0.4) is 0 Å². The van der Waals surface area contributed by atoms with Crippen LogP contribution in [0.4, 0.5) is 0 Å². The number of halogens is 1. The maximum Gasteiger partial charge on any atom is 0.0992 e. The van der Waals surface area contributed by atoms with Gasteiger partial charge in [-0.15, -0.1) is 11.8 Å². The first-order valence-electron chi connectivity index (χ1n) is 6.16. The van der Waals surface area contributed by atoms with Crippen LogP contribution in [0.1, 0.15) is 16.7 Å². The summed E-state index contributed by atoms with van der Waals surface area (Å²) in [5, 5.41) is 5.00. The van der Waals surface area contributed by atoms with E-state index >= 15 is 0 Å². The van der Waals surface area contributed by atoms with E-state index in [4.69, 9.17) is 11.6 Å². The van der Waals surface area contributed by atoms with Crippen molar-refractivity contribution in [1.29, 1.82) is 0 Å². The van der Waals surface area contributed by atoms with Gasteiger partial charge in [-0.2, -0.15) is 0 Å². The third kappa shape index (κ3) is 4.23. The van der Waals surface area contributed by atoms with Crippen LogP contribution in [0.25, 0.3) is 0 Å². The summed E-state index contributed by atoms with van der Waals surface area (Å²) in [5.41, 5.74) is 3.71. The smallest absolute Gasteiger partial charge is 0.0992 e. The zero-order valence-corrected chi connectivity index (χ0v) is 12.7. The summed E-state index contributed by atoms with van der Waals surface area (Å²) in [6.07, 6.45) is 1.94. The fourth-order valence-corrected chi connectivity index (χ4v) is 2.84. The van der Waals surface area contributed by atoms with Gasteiger partial charge in [0, 0.05) is 23.5 Å². The van der Waals surface area contributed by atoms with E-state index in [1.807, 2.05) is 25.4 Å². The molecule has 1 heterocycles. The van der Waals surface area contributed by atoms with Crippen molar-refractivity contribution in [3.8, 4) is 0 Å². The van der Waals surface area contributed by atoms with Gasteiger partial charge in [0.2, 0.25) is 0 Å². The lowest BCUT2D eigenvalue weighted by Crippen LogP contribution is -2.05. The van der Waals surface area contributed by atoms with Gasteiger partial charge < -0.3 is 5.32 Å². The highest BCUT2D eigenvalue weighted by Gasteiger charge is 2.03. The molecule has 0 unspecified atom stereocenters. The summed E-state index contributed by atoms with van der Waals surface area (Å²) in [5.74, 6) is 0.913. The lowest BCUT2D eigenvalue weighted by molar-refractivity contribution is 0.806. The Kier molecular flexibility index (Phi) is 5.25. The van der Waals surface area contributed by atoms with Crippen LogP contribution in [-0.4, -0.2) is 12.0 Å². The Balaban J connectivity index is 2.01. The minimum Gasteiger partial charge on any atom is -0.316 e. The third-order valence-electron chi connectivity index (χ3n) is 2.76. The van der Waals surface area contributed by atoms with Crippen molar-refractivity contribution in [3.05, 3.63) is 58.2 Å². The van der Waals surface area contributed by atoms with E-state index < -0.39 is 0 Å². The highest BCUT2D eigenvalue weighted by molar-refractivity contribution is 7.98. The molecule has 1 N–H and O–H groups in total. The first kappa shape index (κ1) is 14.4. The second-order valence-electron chi connectivity index (χ2n) is 4.41. The van der Waals surface area contributed by atoms with Crippen LogP contribution in [0.2, 0.25) is 5.02 Å². The Hall–Kier alpha value is -1.03. The maximum absolute atomic E-state index is 5.88. The second-order valence-corrected chi connectivity index (χ2v) is 5.81. The Morgan fingerprint density at radius 2 is 1.95 bits per heavy atom. The Morgan fingerprint density at radius 1 is 1.21 bits per heavy atom. The zero-order chi connectivity index (χ0) is 13.7. The van der Waals surface area contributed by atoms with Gasteiger partial charge in [-0.1, -0.05) is 29.8 Å². The molecule has 0 amide bonds. The van der Waals surface area contributed by atoms with Crippen molar-refractivity contribution in [1.82, 2.24) is 10.3 Å². The first-order chi connectivity index (χ1) is 9.19. The molecule has 19 heavy (non-hydrogen) atoms. The lowest BCUT2D eigenvalue weighted by atomic mass is 10.2. The zero-order valence-electron chi connectivity index (χ0n) is 11.1. The summed E-state index contributed by atoms with van der Waals surface area (Å²) < 4.78 is 0. The van der Waals surface area contributed by atoms with Gasteiger partial charge >= 0.3 is 0 Å². The molecule has 1 aromatic heterocycles. The number of thioether (sulfide) groups is 1. The molecule has 0 aliphatic carbocycles. The molecule has 0 atom stereocenters. The predicted molar refractivity (Wildman–Crippen MR) is 82.8 cm³/mol. The molecular formula is C15H17ClN2S. The molecule has 2 nitrogen and oxygen atoms in total. The van der Waals surface area contributed by atoms with Gasteiger partial charge in [0.15, 0.2) is 0 Å². The lowest BCUT2D eigenvalue weighted by Gasteiger charge is -2.07. The largest absolute Gasteiger partial charge is 0.316 e. The summed E-state index contributed by atoms with van der Waals surface area (Å²) in [6, 6.07) is 10.1. The van der Waals surface area contributed by atoms with Crippen LogP contribution >= 0.6 is 23.4 Å². The molecule has 1 aromatic carbocycles. The summed E-state index contributed by atoms with van der Waals surface area (Å²) in [4.78, 5) is 4.53. The SMILES string of the molecule is CNCc1cnc(SCc2ccc(Cl)cc2)c(C)c1. The number of benzene rings is 1. The molecule has 0 spiro atoms. The van der Waals surface area contributed by atoms with Crippen molar-refractivity contribution in [3.63, 3.8) is 0 Å². The number of rotatable bonds is 5. The van der Waals surface area contributed by atoms with E-state index in [-0.39, 0.29) is 0 Å². The van der Waals surface area contributed by atoms with E-state index in [0.29, 0.717) is 0 Å². The van der Waals surface area contributed by atoms with Crippen molar-refractivity contribution in [2.45, 2.75) is 24.2 Å². The van der Waals surface area contributed by atoms with Crippen LogP contribution < -0.4 is 5.32 Å². The number of aryl methyl sites for hydroxylation is 1. The van der Waals surface area contributed by atoms with Crippen molar-refractivity contribution < 1.29 is 0 Å². The van der Waals surface area contributed by atoms with Crippen molar-refractivity contribution in [2.24, 2.45) is 0 Å². The summed E-state index contributed by atoms with van der Waals surface area (Å²) in [6.45, 7) is 2.96. The van der Waals surface area contributed by atoms with E-state index in [9.17, 15) is 0 Å². The Labute approximate surface area is 123 Å². The Morgan fingerprint density at radius 3 is 2.58 bits per heavy atom. The summed E-state index contributed by atoms with van der Waals surface area (Å²) in [7, 11) is 1.94. The predicted octanol–water partition coefficient (Wildman–Crippen LogP) is 4.06. The molecule has 2 rings (SSSR count). The average Bonchev–Trinajstić information content (AvgIpc) is 2.40. The minimum atomic E-state index is 0.777. The van der Waals surface area contributed by atoms with Gasteiger partial charge in [0.25, 0.3) is 0 Å². The minimum absolute atomic E-state index is 0.777. The first-order valence-corrected chi connectivity index (χ1v) is 7.53. The molecular weight excluding hydrogens is 276 g/mol. The van der Waals surface area contributed by atoms with Crippen LogP contribution in [0.15, 0.2) is 41.6 Å². The molecule has 0 aliphatic rings. The topological polar surface area (TPSA) is 24.9 Å². The normalized spacial score (nSPS) is 10.7. The molecule has 0 aliphatic heterocycles. The third-order valence-corrected chi connectivity index (χ3v) is 4.19. The molecule has 0 fully saturated rings. The highest BCUT2D eigenvalue weighted by Crippen LogP contribution is 2.25. The maximum atomic E-state index is 5.88. The van der Waals surface area contributed by atoms with Crippen LogP contribution in [0, 0.1) is 6.92 Å². The average molecular weight is 293 g/mol. The van der Waals surface area contributed by atoms with Crippen LogP contribution in [0.5, 0.6) is 0 Å². The van der Waals surface area contributed by atoms with E-state index in [0.717, 1.165) is 22.3 Å². The number of hydrogen-bond donors (Lipinski definition) is 1. The molecule has 4 heteroatoms. The highest BCUT2D eigenvalue weighted by atomic mass is 35.5. The van der Waals surface area contributed by atoms with Gasteiger partial charge in [-0.05, 0) is 42.8 Å². The van der Waals surface area contributed by atoms with E-state index in [1.165, 1.54) is 16.7 Å². The molecule has 100 valence electrons. The molecule has 0 saturated carbocycles. The Bertz CT molecular complexity index is 540. The van der Waals surface area contributed by atoms with Crippen molar-refractivity contribution in [2.75, 3.05) is 7.05 Å². The molecule has 0 saturated heterocycles. The fourth-order valence-electron chi connectivity index (χ4n) is 1.80. The van der Waals surface area contributed by atoms with Gasteiger partial charge in [-0.3, -0.25) is 0 Å². The fraction of sp³-hybridized carbons (Fsp3) is 0.267. The monoisotopic (exact) mass is 292 g/mol. The van der Waals surface area contributed by atoms with E-state index in [1.54, 1.807) is 11.8 Å². The van der Waals surface area contributed by atoms with Gasteiger partial charge in [-0.25, -0.2) is 4.98 Å². The molecule has 0 bridgehead atoms. The van der Waals surface area contributed by atoms with Gasteiger partial charge in [0.1, 0.15) is 0 Å². The number of nitrogens with zero attached hydrogens (tertiary/aromatic N) is 1. The van der Waals surface area contributed by atoms with Gasteiger partial charge in [0.05, 0.1) is 5.03 Å². The van der Waals surface area contributed by atoms with Crippen molar-refractivity contribution >= 4 is 23.4 Å². The van der Waals surface area contributed by atoms with Crippen LogP contribution in [-0.2, 0) is 12.3 Å². The number of hydrogen-bond acceptors (Lipinski definition) is 3. The van der Waals surface area contributed by atoms with E-state index in [2.05, 4.69) is 35.4 Å². The number of pyridine rings is 1. The quantitative estimate of drug-likeness (QED) is 0.842.